The quantitative estimate of drug-likeness (QED) is 0.517. The van der Waals surface area contributed by atoms with Crippen molar-refractivity contribution < 1.29 is 17.9 Å². The van der Waals surface area contributed by atoms with E-state index in [9.17, 15) is 13.2 Å². The third-order valence-electron chi connectivity index (χ3n) is 4.01. The first-order chi connectivity index (χ1) is 14.3. The minimum Gasteiger partial charge on any atom is -0.497 e. The van der Waals surface area contributed by atoms with Gasteiger partial charge in [-0.25, -0.2) is 12.7 Å². The molecular weight excluding hydrogens is 428 g/mol. The molecule has 0 radical (unpaired) electrons. The molecule has 0 atom stereocenters. The first kappa shape index (κ1) is 21.7. The Morgan fingerprint density at radius 3 is 2.40 bits per heavy atom. The van der Waals surface area contributed by atoms with Gasteiger partial charge in [-0.1, -0.05) is 11.8 Å². The van der Waals surface area contributed by atoms with Crippen molar-refractivity contribution >= 4 is 33.4 Å². The topological polar surface area (TPSA) is 119 Å². The van der Waals surface area contributed by atoms with Gasteiger partial charge in [-0.05, 0) is 59.0 Å². The van der Waals surface area contributed by atoms with Crippen LogP contribution in [0.4, 0.5) is 5.69 Å². The van der Waals surface area contributed by atoms with Crippen molar-refractivity contribution in [3.63, 3.8) is 0 Å². The van der Waals surface area contributed by atoms with Crippen molar-refractivity contribution in [3.8, 4) is 11.4 Å². The van der Waals surface area contributed by atoms with Gasteiger partial charge in [0.1, 0.15) is 5.75 Å². The number of carbonyl (C=O) groups excluding carboxylic acids is 1. The molecule has 1 N–H and O–H groups in total. The molecule has 0 aliphatic heterocycles. The van der Waals surface area contributed by atoms with Gasteiger partial charge < -0.3 is 10.1 Å². The van der Waals surface area contributed by atoms with Gasteiger partial charge in [-0.15, -0.1) is 5.10 Å². The van der Waals surface area contributed by atoms with E-state index < -0.39 is 10.0 Å². The lowest BCUT2D eigenvalue weighted by molar-refractivity contribution is -0.113. The van der Waals surface area contributed by atoms with Gasteiger partial charge in [0.05, 0.1) is 23.4 Å². The van der Waals surface area contributed by atoms with Gasteiger partial charge in [0.25, 0.3) is 0 Å². The molecule has 0 fully saturated rings. The summed E-state index contributed by atoms with van der Waals surface area (Å²) in [7, 11) is 0.990. The zero-order valence-electron chi connectivity index (χ0n) is 16.5. The Hall–Kier alpha value is -2.96. The molecule has 3 rings (SSSR count). The molecule has 0 aliphatic rings. The lowest BCUT2D eigenvalue weighted by Gasteiger charge is -2.12. The van der Waals surface area contributed by atoms with Crippen molar-refractivity contribution in [2.24, 2.45) is 0 Å². The molecule has 0 spiro atoms. The van der Waals surface area contributed by atoms with E-state index in [4.69, 9.17) is 4.74 Å². The predicted molar refractivity (Wildman–Crippen MR) is 112 cm³/mol. The maximum Gasteiger partial charge on any atom is 0.242 e. The van der Waals surface area contributed by atoms with Crippen LogP contribution in [-0.2, 0) is 14.8 Å². The number of hydrogen-bond acceptors (Lipinski definition) is 8. The minimum absolute atomic E-state index is 0.0777. The van der Waals surface area contributed by atoms with E-state index in [1.165, 1.54) is 42.7 Å². The molecule has 0 saturated heterocycles. The van der Waals surface area contributed by atoms with Crippen LogP contribution in [0.2, 0.25) is 0 Å². The maximum atomic E-state index is 12.3. The Morgan fingerprint density at radius 2 is 1.80 bits per heavy atom. The maximum absolute atomic E-state index is 12.3. The number of sulfonamides is 1. The molecule has 0 bridgehead atoms. The Bertz CT molecular complexity index is 1110. The summed E-state index contributed by atoms with van der Waals surface area (Å²) < 4.78 is 32.0. The van der Waals surface area contributed by atoms with Crippen LogP contribution in [0.25, 0.3) is 5.69 Å². The largest absolute Gasteiger partial charge is 0.497 e. The fourth-order valence-corrected chi connectivity index (χ4v) is 4.00. The second kappa shape index (κ2) is 9.24. The van der Waals surface area contributed by atoms with E-state index >= 15 is 0 Å². The number of ether oxygens (including phenoxy) is 1. The minimum atomic E-state index is -3.51. The molecule has 0 unspecified atom stereocenters. The zero-order valence-corrected chi connectivity index (χ0v) is 18.1. The Morgan fingerprint density at radius 1 is 1.13 bits per heavy atom. The van der Waals surface area contributed by atoms with E-state index in [-0.39, 0.29) is 16.6 Å². The van der Waals surface area contributed by atoms with E-state index in [0.29, 0.717) is 16.6 Å². The van der Waals surface area contributed by atoms with E-state index in [1.54, 1.807) is 31.4 Å². The number of methoxy groups -OCH3 is 1. The molecule has 2 aromatic carbocycles. The Labute approximate surface area is 178 Å². The molecule has 158 valence electrons. The second-order valence-electron chi connectivity index (χ2n) is 6.22. The number of nitrogens with one attached hydrogen (secondary N) is 1. The molecule has 10 nitrogen and oxygen atoms in total. The molecule has 3 aromatic rings. The van der Waals surface area contributed by atoms with Crippen LogP contribution in [0.15, 0.2) is 58.6 Å². The number of amides is 1. The SMILES string of the molecule is COc1ccc(-n2nnnc2SCC(=O)Nc2ccc(S(=O)(=O)N(C)C)cc2)cc1. The monoisotopic (exact) mass is 448 g/mol. The molecule has 30 heavy (non-hydrogen) atoms. The van der Waals surface area contributed by atoms with Gasteiger partial charge in [-0.2, -0.15) is 4.68 Å². The average Bonchev–Trinajstić information content (AvgIpc) is 3.21. The molecular formula is C18H20N6O4S2. The van der Waals surface area contributed by atoms with Crippen LogP contribution in [0.1, 0.15) is 0 Å². The van der Waals surface area contributed by atoms with Crippen molar-refractivity contribution in [1.29, 1.82) is 0 Å². The van der Waals surface area contributed by atoms with Gasteiger partial charge in [0.2, 0.25) is 21.1 Å². The summed E-state index contributed by atoms with van der Waals surface area (Å²) in [6.45, 7) is 0. The Balaban J connectivity index is 1.61. The number of rotatable bonds is 8. The number of benzene rings is 2. The highest BCUT2D eigenvalue weighted by Crippen LogP contribution is 2.21. The number of carbonyl (C=O) groups is 1. The summed E-state index contributed by atoms with van der Waals surface area (Å²) in [6, 6.07) is 13.2. The van der Waals surface area contributed by atoms with E-state index in [2.05, 4.69) is 20.8 Å². The fraction of sp³-hybridized carbons (Fsp3) is 0.222. The van der Waals surface area contributed by atoms with Crippen LogP contribution in [0, 0.1) is 0 Å². The van der Waals surface area contributed by atoms with Crippen LogP contribution in [0.5, 0.6) is 5.75 Å². The average molecular weight is 449 g/mol. The van der Waals surface area contributed by atoms with Crippen LogP contribution < -0.4 is 10.1 Å². The third kappa shape index (κ3) is 4.96. The first-order valence-corrected chi connectivity index (χ1v) is 11.1. The number of aromatic nitrogens is 4. The summed E-state index contributed by atoms with van der Waals surface area (Å²) in [5, 5.41) is 14.8. The normalized spacial score (nSPS) is 11.5. The lowest BCUT2D eigenvalue weighted by Crippen LogP contribution is -2.22. The molecule has 1 heterocycles. The zero-order chi connectivity index (χ0) is 21.7. The van der Waals surface area contributed by atoms with Crippen molar-refractivity contribution in [3.05, 3.63) is 48.5 Å². The standard InChI is InChI=1S/C18H20N6O4S2/c1-23(2)30(26,27)16-10-4-13(5-11-16)19-17(25)12-29-18-20-21-22-24(18)14-6-8-15(28-3)9-7-14/h4-11H,12H2,1-3H3,(H,19,25). The fourth-order valence-electron chi connectivity index (χ4n) is 2.40. The van der Waals surface area contributed by atoms with Crippen LogP contribution >= 0.6 is 11.8 Å². The number of nitrogens with zero attached hydrogens (tertiary/aromatic N) is 5. The first-order valence-electron chi connectivity index (χ1n) is 8.69. The van der Waals surface area contributed by atoms with E-state index in [0.717, 1.165) is 9.99 Å². The second-order valence-corrected chi connectivity index (χ2v) is 9.31. The highest BCUT2D eigenvalue weighted by Gasteiger charge is 2.17. The van der Waals surface area contributed by atoms with Gasteiger partial charge in [-0.3, -0.25) is 4.79 Å². The van der Waals surface area contributed by atoms with Crippen LogP contribution in [0.3, 0.4) is 0 Å². The molecule has 0 aliphatic carbocycles. The molecule has 1 aromatic heterocycles. The Kier molecular flexibility index (Phi) is 6.70. The number of tetrazole rings is 1. The number of anilines is 1. The van der Waals surface area contributed by atoms with Crippen molar-refractivity contribution in [2.75, 3.05) is 32.3 Å². The van der Waals surface area contributed by atoms with Crippen LogP contribution in [-0.4, -0.2) is 65.8 Å². The van der Waals surface area contributed by atoms with Gasteiger partial charge in [0.15, 0.2) is 0 Å². The molecule has 0 saturated carbocycles. The van der Waals surface area contributed by atoms with E-state index in [1.807, 2.05) is 12.1 Å². The number of thioether (sulfide) groups is 1. The predicted octanol–water partition coefficient (Wildman–Crippen LogP) is 1.65. The summed E-state index contributed by atoms with van der Waals surface area (Å²) in [4.78, 5) is 12.4. The van der Waals surface area contributed by atoms with Gasteiger partial charge >= 0.3 is 0 Å². The molecule has 1 amide bonds. The highest BCUT2D eigenvalue weighted by molar-refractivity contribution is 7.99. The smallest absolute Gasteiger partial charge is 0.242 e. The van der Waals surface area contributed by atoms with Gasteiger partial charge in [0, 0.05) is 19.8 Å². The highest BCUT2D eigenvalue weighted by atomic mass is 32.2. The number of hydrogen-bond donors (Lipinski definition) is 1. The third-order valence-corrected chi connectivity index (χ3v) is 6.76. The van der Waals surface area contributed by atoms with Crippen molar-refractivity contribution in [1.82, 2.24) is 24.5 Å². The molecule has 12 heteroatoms. The summed E-state index contributed by atoms with van der Waals surface area (Å²) >= 11 is 1.18. The summed E-state index contributed by atoms with van der Waals surface area (Å²) in [6.07, 6.45) is 0. The summed E-state index contributed by atoms with van der Waals surface area (Å²) in [5.41, 5.74) is 1.23. The van der Waals surface area contributed by atoms with Crippen molar-refractivity contribution in [2.45, 2.75) is 10.1 Å². The lowest BCUT2D eigenvalue weighted by atomic mass is 10.3. The summed E-state index contributed by atoms with van der Waals surface area (Å²) in [5.74, 6) is 0.520.